The van der Waals surface area contributed by atoms with Crippen LogP contribution in [0.5, 0.6) is 0 Å². The van der Waals surface area contributed by atoms with Crippen molar-refractivity contribution < 1.29 is 9.59 Å². The molecule has 0 bridgehead atoms. The minimum atomic E-state index is -0.671. The van der Waals surface area contributed by atoms with Crippen LogP contribution in [0.4, 0.5) is 5.13 Å². The second-order valence-corrected chi connectivity index (χ2v) is 9.53. The number of amides is 2. The lowest BCUT2D eigenvalue weighted by atomic mass is 10.0. The summed E-state index contributed by atoms with van der Waals surface area (Å²) < 4.78 is 1.67. The summed E-state index contributed by atoms with van der Waals surface area (Å²) >= 11 is 2.98. The molecule has 1 aromatic carbocycles. The molecule has 3 N–H and O–H groups in total. The van der Waals surface area contributed by atoms with Crippen LogP contribution in [0.15, 0.2) is 72.6 Å². The molecule has 0 fully saturated rings. The molecule has 0 radical (unpaired) electrons. The zero-order chi connectivity index (χ0) is 24.6. The van der Waals surface area contributed by atoms with Gasteiger partial charge in [0.1, 0.15) is 6.04 Å². The molecule has 2 amide bonds. The van der Waals surface area contributed by atoms with Crippen LogP contribution in [0, 0.1) is 0 Å². The zero-order valence-electron chi connectivity index (χ0n) is 19.4. The second-order valence-electron chi connectivity index (χ2n) is 7.68. The summed E-state index contributed by atoms with van der Waals surface area (Å²) in [4.78, 5) is 34.4. The normalized spacial score (nSPS) is 11.6. The van der Waals surface area contributed by atoms with Crippen LogP contribution >= 0.6 is 23.1 Å². The predicted molar refractivity (Wildman–Crippen MR) is 143 cm³/mol. The largest absolute Gasteiger partial charge is 0.340 e. The van der Waals surface area contributed by atoms with Crippen molar-refractivity contribution in [3.8, 4) is 22.4 Å². The van der Waals surface area contributed by atoms with Crippen LogP contribution in [-0.4, -0.2) is 51.6 Å². The third-order valence-electron chi connectivity index (χ3n) is 5.35. The van der Waals surface area contributed by atoms with Crippen LogP contribution in [0.25, 0.3) is 22.4 Å². The van der Waals surface area contributed by atoms with Gasteiger partial charge >= 0.3 is 0 Å². The molecule has 0 saturated carbocycles. The maximum Gasteiger partial charge on any atom is 0.253 e. The van der Waals surface area contributed by atoms with Crippen LogP contribution < -0.4 is 16.1 Å². The van der Waals surface area contributed by atoms with Gasteiger partial charge in [0, 0.05) is 42.8 Å². The average Bonchev–Trinajstić information content (AvgIpc) is 3.57. The fourth-order valence-corrected chi connectivity index (χ4v) is 4.67. The average molecular weight is 507 g/mol. The van der Waals surface area contributed by atoms with E-state index >= 15 is 0 Å². The molecule has 3 aromatic heterocycles. The maximum absolute atomic E-state index is 13.0. The van der Waals surface area contributed by atoms with Gasteiger partial charge in [-0.3, -0.25) is 19.2 Å². The molecule has 1 unspecified atom stereocenters. The van der Waals surface area contributed by atoms with Gasteiger partial charge in [0.2, 0.25) is 5.91 Å². The van der Waals surface area contributed by atoms with E-state index in [9.17, 15) is 9.59 Å². The van der Waals surface area contributed by atoms with Crippen molar-refractivity contribution in [2.24, 2.45) is 0 Å². The highest BCUT2D eigenvalue weighted by atomic mass is 32.2. The minimum absolute atomic E-state index is 0.285. The Hall–Kier alpha value is -3.63. The van der Waals surface area contributed by atoms with Gasteiger partial charge in [-0.05, 0) is 53.8 Å². The molecule has 10 heteroatoms. The Labute approximate surface area is 212 Å². The van der Waals surface area contributed by atoms with Crippen LogP contribution in [0.3, 0.4) is 0 Å². The molecule has 4 rings (SSSR count). The summed E-state index contributed by atoms with van der Waals surface area (Å²) in [5.74, 6) is 0.153. The Balaban J connectivity index is 1.45. The van der Waals surface area contributed by atoms with Crippen molar-refractivity contribution in [3.05, 3.63) is 78.2 Å². The molecular formula is C25H26N6O2S2. The third-order valence-corrected chi connectivity index (χ3v) is 6.75. The van der Waals surface area contributed by atoms with Gasteiger partial charge < -0.3 is 16.1 Å². The number of carbonyl (C=O) groups excluding carboxylic acids is 2. The smallest absolute Gasteiger partial charge is 0.253 e. The third kappa shape index (κ3) is 6.28. The summed E-state index contributed by atoms with van der Waals surface area (Å²) in [5, 5.41) is 8.14. The highest BCUT2D eigenvalue weighted by Gasteiger charge is 2.23. The fraction of sp³-hybridized carbons (Fsp3) is 0.200. The number of hydrogen-bond donors (Lipinski definition) is 3. The number of nitrogens with zero attached hydrogens (tertiary/aromatic N) is 3. The molecule has 0 aliphatic rings. The Morgan fingerprint density at radius 3 is 2.66 bits per heavy atom. The van der Waals surface area contributed by atoms with E-state index in [0.29, 0.717) is 17.1 Å². The molecule has 0 spiro atoms. The highest BCUT2D eigenvalue weighted by Crippen LogP contribution is 2.28. The molecule has 8 nitrogen and oxygen atoms in total. The van der Waals surface area contributed by atoms with Gasteiger partial charge in [0.25, 0.3) is 5.91 Å². The molecular weight excluding hydrogens is 480 g/mol. The topological polar surface area (TPSA) is 101 Å². The Bertz CT molecular complexity index is 1290. The second kappa shape index (κ2) is 11.7. The van der Waals surface area contributed by atoms with Crippen molar-refractivity contribution in [3.63, 3.8) is 0 Å². The van der Waals surface area contributed by atoms with Crippen molar-refractivity contribution in [2.75, 3.05) is 29.8 Å². The molecule has 35 heavy (non-hydrogen) atoms. The summed E-state index contributed by atoms with van der Waals surface area (Å²) in [6.07, 6.45) is 9.43. The first-order valence-corrected chi connectivity index (χ1v) is 13.3. The highest BCUT2D eigenvalue weighted by molar-refractivity contribution is 7.98. The quantitative estimate of drug-likeness (QED) is 0.296. The number of pyridine rings is 1. The Morgan fingerprint density at radius 1 is 1.11 bits per heavy atom. The Kier molecular flexibility index (Phi) is 8.17. The van der Waals surface area contributed by atoms with E-state index in [1.54, 1.807) is 54.3 Å². The molecule has 3 heterocycles. The molecule has 4 aromatic rings. The molecule has 0 aliphatic carbocycles. The van der Waals surface area contributed by atoms with Gasteiger partial charge in [0.15, 0.2) is 5.13 Å². The number of thioether (sulfide) groups is 1. The van der Waals surface area contributed by atoms with E-state index in [2.05, 4.69) is 32.1 Å². The van der Waals surface area contributed by atoms with E-state index in [0.717, 1.165) is 28.1 Å². The van der Waals surface area contributed by atoms with Gasteiger partial charge in [-0.15, -0.1) is 11.3 Å². The standard InChI is InChI=1S/C25H26N6O2S2/c1-26-31-12-8-20(15-31)23(32)28-21(9-13-34-2)24(33)30-25-29-22(16-35-25)19-5-3-4-18(14-19)17-6-10-27-11-7-17/h3-8,10-12,14-16,21,26H,9,13H2,1-2H3,(H,28,32)(H,29,30,33). The molecule has 0 aliphatic heterocycles. The Morgan fingerprint density at radius 2 is 1.91 bits per heavy atom. The van der Waals surface area contributed by atoms with Crippen molar-refractivity contribution >= 4 is 40.0 Å². The van der Waals surface area contributed by atoms with E-state index in [1.807, 2.05) is 42.0 Å². The summed E-state index contributed by atoms with van der Waals surface area (Å²) in [6.45, 7) is 0. The SMILES string of the molecule is CNn1ccc(C(=O)NC(CCSC)C(=O)Nc2nc(-c3cccc(-c4ccncc4)c3)cs2)c1. The van der Waals surface area contributed by atoms with Gasteiger partial charge in [0.05, 0.1) is 11.3 Å². The monoisotopic (exact) mass is 506 g/mol. The molecule has 180 valence electrons. The number of anilines is 1. The molecule has 0 saturated heterocycles. The summed E-state index contributed by atoms with van der Waals surface area (Å²) in [7, 11) is 1.76. The first-order valence-electron chi connectivity index (χ1n) is 11.0. The lowest BCUT2D eigenvalue weighted by Crippen LogP contribution is -2.44. The van der Waals surface area contributed by atoms with E-state index in [1.165, 1.54) is 11.3 Å². The number of thiazole rings is 1. The number of benzene rings is 1. The minimum Gasteiger partial charge on any atom is -0.340 e. The van der Waals surface area contributed by atoms with Crippen molar-refractivity contribution in [1.82, 2.24) is 20.0 Å². The zero-order valence-corrected chi connectivity index (χ0v) is 21.0. The lowest BCUT2D eigenvalue weighted by molar-refractivity contribution is -0.118. The van der Waals surface area contributed by atoms with E-state index in [-0.39, 0.29) is 11.8 Å². The van der Waals surface area contributed by atoms with Gasteiger partial charge in [-0.25, -0.2) is 4.98 Å². The van der Waals surface area contributed by atoms with Gasteiger partial charge in [-0.2, -0.15) is 11.8 Å². The van der Waals surface area contributed by atoms with Crippen LogP contribution in [0.1, 0.15) is 16.8 Å². The van der Waals surface area contributed by atoms with E-state index in [4.69, 9.17) is 0 Å². The number of hydrogen-bond acceptors (Lipinski definition) is 7. The maximum atomic E-state index is 13.0. The fourth-order valence-electron chi connectivity index (χ4n) is 3.47. The number of nitrogens with one attached hydrogen (secondary N) is 3. The predicted octanol–water partition coefficient (Wildman–Crippen LogP) is 4.34. The lowest BCUT2D eigenvalue weighted by Gasteiger charge is -2.17. The summed E-state index contributed by atoms with van der Waals surface area (Å²) in [5.41, 5.74) is 7.27. The van der Waals surface area contributed by atoms with Crippen molar-refractivity contribution in [2.45, 2.75) is 12.5 Å². The van der Waals surface area contributed by atoms with Crippen LogP contribution in [0.2, 0.25) is 0 Å². The first-order chi connectivity index (χ1) is 17.1. The number of rotatable bonds is 10. The van der Waals surface area contributed by atoms with Crippen LogP contribution in [-0.2, 0) is 4.79 Å². The molecule has 1 atom stereocenters. The van der Waals surface area contributed by atoms with Gasteiger partial charge in [-0.1, -0.05) is 18.2 Å². The van der Waals surface area contributed by atoms with E-state index < -0.39 is 6.04 Å². The number of carbonyl (C=O) groups is 2. The number of aromatic nitrogens is 3. The summed E-state index contributed by atoms with van der Waals surface area (Å²) in [6, 6.07) is 13.0. The van der Waals surface area contributed by atoms with Crippen molar-refractivity contribution in [1.29, 1.82) is 0 Å². The first kappa shape index (κ1) is 24.5.